The van der Waals surface area contributed by atoms with Gasteiger partial charge in [0.15, 0.2) is 0 Å². The maximum Gasteiger partial charge on any atom is 0.334 e. The smallest absolute Gasteiger partial charge is 0.334 e. The zero-order valence-electron chi connectivity index (χ0n) is 20.6. The average molecular weight is 436 g/mol. The van der Waals surface area contributed by atoms with E-state index in [9.17, 15) is 0 Å². The molecule has 0 atom stereocenters. The van der Waals surface area contributed by atoms with E-state index in [0.29, 0.717) is 0 Å². The summed E-state index contributed by atoms with van der Waals surface area (Å²) in [5.41, 5.74) is 7.31. The Morgan fingerprint density at radius 2 is 1.42 bits per heavy atom. The Morgan fingerprint density at radius 1 is 0.758 bits per heavy atom. The molecular weight excluding hydrogens is 404 g/mol. The van der Waals surface area contributed by atoms with Crippen molar-refractivity contribution in [2.24, 2.45) is 7.05 Å². The van der Waals surface area contributed by atoms with Gasteiger partial charge in [-0.15, -0.1) is 0 Å². The standard InChI is InChI=1S/C30H31N2O/c1-18-12-8-9-17-23(18)33-28-26-30(5,6)29(3,4)22-16-11-15-21-20-14-10-13-19(2)24(20)27(31(28)7)32(26)25(21)22/h8-17H,1-7H3/q+1. The fourth-order valence-electron chi connectivity index (χ4n) is 5.87. The van der Waals surface area contributed by atoms with E-state index in [2.05, 4.69) is 112 Å². The quantitative estimate of drug-likeness (QED) is 0.215. The lowest BCUT2D eigenvalue weighted by molar-refractivity contribution is -0.648. The highest BCUT2D eigenvalue weighted by Crippen LogP contribution is 2.53. The summed E-state index contributed by atoms with van der Waals surface area (Å²) in [6.45, 7) is 13.8. The first-order valence-electron chi connectivity index (χ1n) is 11.8. The van der Waals surface area contributed by atoms with Gasteiger partial charge in [0.05, 0.1) is 12.4 Å². The van der Waals surface area contributed by atoms with Crippen LogP contribution in [0.15, 0.2) is 60.7 Å². The zero-order valence-corrected chi connectivity index (χ0v) is 20.6. The van der Waals surface area contributed by atoms with Crippen LogP contribution in [0.1, 0.15) is 50.1 Å². The predicted octanol–water partition coefficient (Wildman–Crippen LogP) is 7.05. The molecule has 0 aliphatic carbocycles. The summed E-state index contributed by atoms with van der Waals surface area (Å²) in [4.78, 5) is 0. The lowest BCUT2D eigenvalue weighted by Gasteiger charge is -2.43. The molecule has 0 unspecified atom stereocenters. The van der Waals surface area contributed by atoms with E-state index in [1.807, 2.05) is 6.07 Å². The first-order valence-corrected chi connectivity index (χ1v) is 11.8. The van der Waals surface area contributed by atoms with Crippen LogP contribution in [-0.2, 0) is 17.9 Å². The number of ether oxygens (including phenoxy) is 1. The molecule has 0 radical (unpaired) electrons. The molecule has 3 aromatic carbocycles. The van der Waals surface area contributed by atoms with Crippen LogP contribution in [-0.4, -0.2) is 4.40 Å². The molecule has 1 aliphatic heterocycles. The summed E-state index contributed by atoms with van der Waals surface area (Å²) in [5, 5.41) is 3.90. The summed E-state index contributed by atoms with van der Waals surface area (Å²) >= 11 is 0. The second kappa shape index (κ2) is 6.38. The summed E-state index contributed by atoms with van der Waals surface area (Å²) in [6.07, 6.45) is 0. The van der Waals surface area contributed by atoms with Crippen molar-refractivity contribution in [2.45, 2.75) is 52.4 Å². The second-order valence-corrected chi connectivity index (χ2v) is 10.7. The number of nitrogens with zero attached hydrogens (tertiary/aromatic N) is 2. The highest BCUT2D eigenvalue weighted by atomic mass is 16.5. The van der Waals surface area contributed by atoms with Crippen molar-refractivity contribution < 1.29 is 9.30 Å². The SMILES string of the molecule is Cc1ccccc1Oc1c2n3c4c(cccc4c4cccc(C)c4c3[n+]1C)C(C)(C)C2(C)C. The third-order valence-electron chi connectivity index (χ3n) is 8.43. The van der Waals surface area contributed by atoms with Crippen LogP contribution in [0.5, 0.6) is 11.6 Å². The number of hydrogen-bond donors (Lipinski definition) is 0. The van der Waals surface area contributed by atoms with E-state index < -0.39 is 0 Å². The Labute approximate surface area is 195 Å². The van der Waals surface area contributed by atoms with Crippen LogP contribution in [0.4, 0.5) is 0 Å². The van der Waals surface area contributed by atoms with Gasteiger partial charge in [0.1, 0.15) is 11.3 Å². The van der Waals surface area contributed by atoms with Crippen LogP contribution < -0.4 is 9.30 Å². The van der Waals surface area contributed by atoms with Gasteiger partial charge in [0.25, 0.3) is 5.65 Å². The molecule has 0 amide bonds. The lowest BCUT2D eigenvalue weighted by Crippen LogP contribution is -2.44. The Morgan fingerprint density at radius 3 is 2.18 bits per heavy atom. The molecule has 3 heterocycles. The van der Waals surface area contributed by atoms with Crippen LogP contribution in [0.25, 0.3) is 27.3 Å². The summed E-state index contributed by atoms with van der Waals surface area (Å²) in [7, 11) is 2.15. The van der Waals surface area contributed by atoms with E-state index in [4.69, 9.17) is 4.74 Å². The molecule has 2 aromatic heterocycles. The molecule has 0 bridgehead atoms. The first kappa shape index (κ1) is 20.3. The van der Waals surface area contributed by atoms with Crippen molar-refractivity contribution in [3.63, 3.8) is 0 Å². The van der Waals surface area contributed by atoms with E-state index in [0.717, 1.165) is 17.2 Å². The topological polar surface area (TPSA) is 17.5 Å². The van der Waals surface area contributed by atoms with Gasteiger partial charge in [-0.3, -0.25) is 0 Å². The van der Waals surface area contributed by atoms with Gasteiger partial charge in [-0.2, -0.15) is 8.97 Å². The highest BCUT2D eigenvalue weighted by molar-refractivity contribution is 6.13. The summed E-state index contributed by atoms with van der Waals surface area (Å²) in [5.74, 6) is 1.83. The van der Waals surface area contributed by atoms with Crippen molar-refractivity contribution in [3.8, 4) is 11.6 Å². The van der Waals surface area contributed by atoms with Crippen molar-refractivity contribution >= 4 is 27.3 Å². The fourth-order valence-corrected chi connectivity index (χ4v) is 5.87. The molecule has 0 saturated carbocycles. The highest BCUT2D eigenvalue weighted by Gasteiger charge is 2.53. The van der Waals surface area contributed by atoms with Crippen LogP contribution in [0.2, 0.25) is 0 Å². The molecule has 1 aliphatic rings. The van der Waals surface area contributed by atoms with Gasteiger partial charge in [0.2, 0.25) is 5.69 Å². The number of pyridine rings is 1. The number of aromatic nitrogens is 2. The van der Waals surface area contributed by atoms with Crippen LogP contribution in [0.3, 0.4) is 0 Å². The molecule has 0 saturated heterocycles. The second-order valence-electron chi connectivity index (χ2n) is 10.7. The van der Waals surface area contributed by atoms with Crippen LogP contribution in [0, 0.1) is 13.8 Å². The lowest BCUT2D eigenvalue weighted by atomic mass is 9.60. The number of rotatable bonds is 2. The number of imidazole rings is 1. The Kier molecular flexibility index (Phi) is 3.92. The minimum absolute atomic E-state index is 0.0812. The molecule has 0 spiro atoms. The molecule has 0 fully saturated rings. The molecule has 0 N–H and O–H groups in total. The Hall–Kier alpha value is -3.33. The van der Waals surface area contributed by atoms with E-state index in [1.165, 1.54) is 44.1 Å². The van der Waals surface area contributed by atoms with Crippen molar-refractivity contribution in [1.82, 2.24) is 4.40 Å². The fraction of sp³-hybridized carbons (Fsp3) is 0.300. The normalized spacial score (nSPS) is 16.2. The van der Waals surface area contributed by atoms with E-state index in [-0.39, 0.29) is 10.8 Å². The largest absolute Gasteiger partial charge is 0.420 e. The molecule has 5 aromatic rings. The molecule has 6 rings (SSSR count). The maximum absolute atomic E-state index is 6.79. The Bertz CT molecular complexity index is 1620. The van der Waals surface area contributed by atoms with Gasteiger partial charge in [-0.1, -0.05) is 82.3 Å². The number of para-hydroxylation sites is 2. The van der Waals surface area contributed by atoms with Gasteiger partial charge in [-0.05, 0) is 31.0 Å². The average Bonchev–Trinajstić information content (AvgIpc) is 3.07. The number of benzene rings is 3. The minimum atomic E-state index is -0.160. The third-order valence-corrected chi connectivity index (χ3v) is 8.43. The third kappa shape index (κ3) is 2.37. The monoisotopic (exact) mass is 435 g/mol. The first-order chi connectivity index (χ1) is 15.7. The van der Waals surface area contributed by atoms with Gasteiger partial charge in [-0.25, -0.2) is 0 Å². The molecule has 3 nitrogen and oxygen atoms in total. The molecule has 33 heavy (non-hydrogen) atoms. The van der Waals surface area contributed by atoms with Crippen LogP contribution >= 0.6 is 0 Å². The van der Waals surface area contributed by atoms with Gasteiger partial charge < -0.3 is 4.74 Å². The summed E-state index contributed by atoms with van der Waals surface area (Å²) < 4.78 is 11.6. The number of aryl methyl sites for hydroxylation is 3. The predicted molar refractivity (Wildman–Crippen MR) is 136 cm³/mol. The van der Waals surface area contributed by atoms with Gasteiger partial charge >= 0.3 is 5.88 Å². The van der Waals surface area contributed by atoms with E-state index in [1.54, 1.807) is 0 Å². The maximum atomic E-state index is 6.79. The molecule has 3 heteroatoms. The minimum Gasteiger partial charge on any atom is -0.420 e. The number of hydrogen-bond acceptors (Lipinski definition) is 1. The van der Waals surface area contributed by atoms with Crippen molar-refractivity contribution in [2.75, 3.05) is 0 Å². The molecule has 166 valence electrons. The van der Waals surface area contributed by atoms with Gasteiger partial charge in [0, 0.05) is 27.2 Å². The Balaban J connectivity index is 1.90. The van der Waals surface area contributed by atoms with Crippen molar-refractivity contribution in [1.29, 1.82) is 0 Å². The summed E-state index contributed by atoms with van der Waals surface area (Å²) in [6, 6.07) is 21.8. The zero-order chi connectivity index (χ0) is 23.3. The van der Waals surface area contributed by atoms with E-state index >= 15 is 0 Å². The number of fused-ring (bicyclic) bond motifs is 3. The molecular formula is C30H31N2O+. The van der Waals surface area contributed by atoms with Crippen molar-refractivity contribution in [3.05, 3.63) is 83.0 Å².